The molecule has 0 aliphatic heterocycles. The van der Waals surface area contributed by atoms with Gasteiger partial charge in [-0.25, -0.2) is 9.48 Å². The van der Waals surface area contributed by atoms with Gasteiger partial charge in [-0.15, -0.1) is 0 Å². The zero-order valence-electron chi connectivity index (χ0n) is 10.3. The number of ether oxygens (including phenoxy) is 1. The van der Waals surface area contributed by atoms with E-state index in [1.807, 2.05) is 0 Å². The van der Waals surface area contributed by atoms with Crippen LogP contribution in [-0.4, -0.2) is 32.6 Å². The van der Waals surface area contributed by atoms with Crippen LogP contribution in [0.3, 0.4) is 0 Å². The van der Waals surface area contributed by atoms with Crippen LogP contribution in [0, 0.1) is 0 Å². The van der Waals surface area contributed by atoms with E-state index in [4.69, 9.17) is 0 Å². The van der Waals surface area contributed by atoms with E-state index >= 15 is 0 Å². The van der Waals surface area contributed by atoms with Crippen molar-refractivity contribution in [3.8, 4) is 5.69 Å². The second-order valence-electron chi connectivity index (χ2n) is 3.64. The Morgan fingerprint density at radius 1 is 1.35 bits per heavy atom. The Kier molecular flexibility index (Phi) is 3.68. The van der Waals surface area contributed by atoms with Crippen LogP contribution < -0.4 is 0 Å². The predicted molar refractivity (Wildman–Crippen MR) is 60.1 cm³/mol. The number of carbonyl (C=O) groups excluding carboxylic acids is 1. The van der Waals surface area contributed by atoms with Crippen LogP contribution in [0.15, 0.2) is 24.7 Å². The Morgan fingerprint density at radius 2 is 2.10 bits per heavy atom. The van der Waals surface area contributed by atoms with Crippen molar-refractivity contribution in [2.75, 3.05) is 6.61 Å². The third-order valence-electron chi connectivity index (χ3n) is 2.35. The lowest BCUT2D eigenvalue weighted by molar-refractivity contribution is -0.143. The molecule has 0 spiro atoms. The molecule has 0 fully saturated rings. The summed E-state index contributed by atoms with van der Waals surface area (Å²) < 4.78 is 44.5. The van der Waals surface area contributed by atoms with Crippen molar-refractivity contribution in [3.05, 3.63) is 35.9 Å². The lowest BCUT2D eigenvalue weighted by Crippen LogP contribution is -2.18. The monoisotopic (exact) mass is 286 g/mol. The molecular formula is C11H9F3N4O2. The first-order valence-electron chi connectivity index (χ1n) is 5.54. The van der Waals surface area contributed by atoms with Gasteiger partial charge in [0.25, 0.3) is 0 Å². The van der Waals surface area contributed by atoms with E-state index in [9.17, 15) is 18.0 Å². The van der Waals surface area contributed by atoms with Crippen molar-refractivity contribution in [1.29, 1.82) is 0 Å². The van der Waals surface area contributed by atoms with Crippen molar-refractivity contribution in [2.45, 2.75) is 13.1 Å². The molecule has 0 aliphatic rings. The van der Waals surface area contributed by atoms with E-state index in [2.05, 4.69) is 20.0 Å². The zero-order valence-corrected chi connectivity index (χ0v) is 10.3. The SMILES string of the molecule is CCOC(=O)c1cnn(-c2ccnnc2)c1C(F)(F)F. The van der Waals surface area contributed by atoms with Gasteiger partial charge in [0.15, 0.2) is 5.69 Å². The normalized spacial score (nSPS) is 11.4. The Morgan fingerprint density at radius 3 is 2.65 bits per heavy atom. The number of hydrogen-bond acceptors (Lipinski definition) is 5. The molecule has 0 aliphatic carbocycles. The van der Waals surface area contributed by atoms with Gasteiger partial charge < -0.3 is 4.74 Å². The minimum atomic E-state index is -4.76. The van der Waals surface area contributed by atoms with Crippen LogP contribution in [0.5, 0.6) is 0 Å². The fourth-order valence-corrected chi connectivity index (χ4v) is 1.58. The second kappa shape index (κ2) is 5.27. The van der Waals surface area contributed by atoms with Crippen LogP contribution in [0.25, 0.3) is 5.69 Å². The molecule has 20 heavy (non-hydrogen) atoms. The van der Waals surface area contributed by atoms with E-state index in [0.29, 0.717) is 4.68 Å². The Bertz CT molecular complexity index is 610. The molecule has 2 rings (SSSR count). The maximum absolute atomic E-state index is 13.1. The van der Waals surface area contributed by atoms with Crippen molar-refractivity contribution < 1.29 is 22.7 Å². The van der Waals surface area contributed by atoms with Crippen LogP contribution >= 0.6 is 0 Å². The van der Waals surface area contributed by atoms with Crippen LogP contribution in [0.1, 0.15) is 23.0 Å². The van der Waals surface area contributed by atoms with Crippen LogP contribution in [0.2, 0.25) is 0 Å². The maximum Gasteiger partial charge on any atom is 0.434 e. The van der Waals surface area contributed by atoms with E-state index in [1.54, 1.807) is 0 Å². The maximum atomic E-state index is 13.1. The van der Waals surface area contributed by atoms with Crippen molar-refractivity contribution >= 4 is 5.97 Å². The van der Waals surface area contributed by atoms with Gasteiger partial charge in [-0.2, -0.15) is 28.5 Å². The fraction of sp³-hybridized carbons (Fsp3) is 0.273. The number of alkyl halides is 3. The number of nitrogens with zero attached hydrogens (tertiary/aromatic N) is 4. The smallest absolute Gasteiger partial charge is 0.434 e. The van der Waals surface area contributed by atoms with Gasteiger partial charge in [0, 0.05) is 0 Å². The number of halogens is 3. The van der Waals surface area contributed by atoms with E-state index < -0.39 is 23.4 Å². The molecule has 9 heteroatoms. The van der Waals surface area contributed by atoms with E-state index in [-0.39, 0.29) is 12.3 Å². The molecule has 2 aromatic heterocycles. The number of hydrogen-bond donors (Lipinski definition) is 0. The van der Waals surface area contributed by atoms with Gasteiger partial charge in [0.1, 0.15) is 5.56 Å². The largest absolute Gasteiger partial charge is 0.462 e. The van der Waals surface area contributed by atoms with Gasteiger partial charge in [0.05, 0.1) is 30.9 Å². The summed E-state index contributed by atoms with van der Waals surface area (Å²) in [6.07, 6.45) is -1.61. The molecule has 0 saturated heterocycles. The first-order valence-corrected chi connectivity index (χ1v) is 5.54. The van der Waals surface area contributed by atoms with Crippen LogP contribution in [0.4, 0.5) is 13.2 Å². The Labute approximate surface area is 111 Å². The summed E-state index contributed by atoms with van der Waals surface area (Å²) in [7, 11) is 0. The quantitative estimate of drug-likeness (QED) is 0.805. The molecule has 0 aromatic carbocycles. The van der Waals surface area contributed by atoms with Crippen LogP contribution in [-0.2, 0) is 10.9 Å². The summed E-state index contributed by atoms with van der Waals surface area (Å²) in [5.74, 6) is -1.08. The highest BCUT2D eigenvalue weighted by molar-refractivity contribution is 5.90. The number of aromatic nitrogens is 4. The molecule has 2 aromatic rings. The summed E-state index contributed by atoms with van der Waals surface area (Å²) >= 11 is 0. The molecule has 0 unspecified atom stereocenters. The molecule has 6 nitrogen and oxygen atoms in total. The molecule has 0 N–H and O–H groups in total. The van der Waals surface area contributed by atoms with E-state index in [0.717, 1.165) is 12.4 Å². The summed E-state index contributed by atoms with van der Waals surface area (Å²) in [6, 6.07) is 1.30. The topological polar surface area (TPSA) is 69.9 Å². The molecule has 0 atom stereocenters. The van der Waals surface area contributed by atoms with Gasteiger partial charge in [0.2, 0.25) is 0 Å². The summed E-state index contributed by atoms with van der Waals surface area (Å²) in [5.41, 5.74) is -1.80. The minimum absolute atomic E-state index is 0.0296. The first kappa shape index (κ1) is 14.0. The zero-order chi connectivity index (χ0) is 14.8. The van der Waals surface area contributed by atoms with E-state index in [1.165, 1.54) is 19.2 Å². The molecule has 0 radical (unpaired) electrons. The third-order valence-corrected chi connectivity index (χ3v) is 2.35. The van der Waals surface area contributed by atoms with Gasteiger partial charge >= 0.3 is 12.1 Å². The fourth-order valence-electron chi connectivity index (χ4n) is 1.58. The van der Waals surface area contributed by atoms with Gasteiger partial charge in [-0.3, -0.25) is 0 Å². The average molecular weight is 286 g/mol. The Balaban J connectivity index is 2.57. The molecule has 2 heterocycles. The molecule has 0 amide bonds. The van der Waals surface area contributed by atoms with Crippen molar-refractivity contribution in [1.82, 2.24) is 20.0 Å². The molecular weight excluding hydrogens is 277 g/mol. The number of rotatable bonds is 3. The van der Waals surface area contributed by atoms with Gasteiger partial charge in [-0.1, -0.05) is 0 Å². The van der Waals surface area contributed by atoms with Gasteiger partial charge in [-0.05, 0) is 13.0 Å². The molecule has 0 saturated carbocycles. The van der Waals surface area contributed by atoms with Crippen molar-refractivity contribution in [2.24, 2.45) is 0 Å². The minimum Gasteiger partial charge on any atom is -0.462 e. The average Bonchev–Trinajstić information content (AvgIpc) is 2.84. The molecule has 106 valence electrons. The predicted octanol–water partition coefficient (Wildman–Crippen LogP) is 1.86. The summed E-state index contributed by atoms with van der Waals surface area (Å²) in [5, 5.41) is 10.5. The highest BCUT2D eigenvalue weighted by Crippen LogP contribution is 2.33. The lowest BCUT2D eigenvalue weighted by atomic mass is 10.2. The second-order valence-corrected chi connectivity index (χ2v) is 3.64. The summed E-state index contributed by atoms with van der Waals surface area (Å²) in [6.45, 7) is 1.47. The lowest BCUT2D eigenvalue weighted by Gasteiger charge is -2.11. The first-order chi connectivity index (χ1) is 9.45. The standard InChI is InChI=1S/C11H9F3N4O2/c1-2-20-10(19)8-6-17-18(9(8)11(12,13)14)7-3-4-15-16-5-7/h3-6H,2H2,1H3. The number of esters is 1. The highest BCUT2D eigenvalue weighted by atomic mass is 19.4. The molecule has 0 bridgehead atoms. The van der Waals surface area contributed by atoms with Crippen molar-refractivity contribution in [3.63, 3.8) is 0 Å². The highest BCUT2D eigenvalue weighted by Gasteiger charge is 2.41. The number of carbonyl (C=O) groups is 1. The summed E-state index contributed by atoms with van der Waals surface area (Å²) in [4.78, 5) is 11.6. The Hall–Kier alpha value is -2.45. The third kappa shape index (κ3) is 2.60.